The molecule has 3 nitrogen and oxygen atoms in total. The third-order valence-electron chi connectivity index (χ3n) is 5.09. The van der Waals surface area contributed by atoms with E-state index in [0.717, 1.165) is 46.4 Å². The number of allylic oxidation sites excluding steroid dienone is 1. The number of hydrogen-bond donors (Lipinski definition) is 2. The van der Waals surface area contributed by atoms with Gasteiger partial charge in [0.25, 0.3) is 0 Å². The maximum Gasteiger partial charge on any atom is 0.337 e. The zero-order chi connectivity index (χ0) is 18.9. The first-order valence-corrected chi connectivity index (χ1v) is 9.96. The van der Waals surface area contributed by atoms with Crippen molar-refractivity contribution in [2.75, 3.05) is 7.05 Å². The van der Waals surface area contributed by atoms with Crippen molar-refractivity contribution in [2.24, 2.45) is 5.41 Å². The largest absolute Gasteiger partial charge is 0.478 e. The van der Waals surface area contributed by atoms with Crippen LogP contribution in [0, 0.1) is 5.41 Å². The fourth-order valence-electron chi connectivity index (χ4n) is 3.80. The molecule has 0 fully saturated rings. The van der Waals surface area contributed by atoms with Gasteiger partial charge in [-0.2, -0.15) is 0 Å². The number of rotatable bonds is 5. The van der Waals surface area contributed by atoms with Crippen molar-refractivity contribution in [2.45, 2.75) is 46.6 Å². The molecule has 0 spiro atoms. The van der Waals surface area contributed by atoms with Crippen LogP contribution in [0.25, 0.3) is 16.5 Å². The maximum absolute atomic E-state index is 12.2. The van der Waals surface area contributed by atoms with Crippen LogP contribution in [-0.4, -0.2) is 18.1 Å². The van der Waals surface area contributed by atoms with Crippen molar-refractivity contribution >= 4 is 23.4 Å². The minimum atomic E-state index is -0.803. The van der Waals surface area contributed by atoms with Gasteiger partial charge in [0.1, 0.15) is 0 Å². The number of aromatic carboxylic acids is 1. The second kappa shape index (κ2) is 7.37. The van der Waals surface area contributed by atoms with E-state index in [4.69, 9.17) is 0 Å². The lowest BCUT2D eigenvalue weighted by atomic mass is 9.76. The molecule has 0 bridgehead atoms. The van der Waals surface area contributed by atoms with E-state index in [9.17, 15) is 9.90 Å². The van der Waals surface area contributed by atoms with Crippen LogP contribution >= 0.6 is 11.3 Å². The summed E-state index contributed by atoms with van der Waals surface area (Å²) in [5, 5.41) is 13.2. The Hall–Kier alpha value is -1.91. The Morgan fingerprint density at radius 3 is 2.81 bits per heavy atom. The summed E-state index contributed by atoms with van der Waals surface area (Å²) < 4.78 is 0. The van der Waals surface area contributed by atoms with Crippen LogP contribution in [0.2, 0.25) is 0 Å². The highest BCUT2D eigenvalue weighted by Gasteiger charge is 2.33. The van der Waals surface area contributed by atoms with Gasteiger partial charge in [-0.3, -0.25) is 0 Å². The Bertz CT molecular complexity index is 861. The summed E-state index contributed by atoms with van der Waals surface area (Å²) in [6, 6.07) is 6.31. The standard InChI is InChI=1S/C22H27NO2S/c1-5-6-14-7-8-16(15(11-14)13-23-4)20-19(21(24)25)17-12-22(2,3)10-9-18(17)26-20/h5-8,11,23H,9-10,12-13H2,1-4H3,(H,24,25)/b6-5+. The molecule has 2 aromatic rings. The van der Waals surface area contributed by atoms with Crippen LogP contribution in [0.4, 0.5) is 0 Å². The van der Waals surface area contributed by atoms with Gasteiger partial charge in [-0.05, 0) is 67.0 Å². The number of carboxylic acids is 1. The number of hydrogen-bond acceptors (Lipinski definition) is 3. The summed E-state index contributed by atoms with van der Waals surface area (Å²) >= 11 is 1.68. The van der Waals surface area contributed by atoms with Crippen LogP contribution < -0.4 is 5.32 Å². The molecule has 0 saturated heterocycles. The van der Waals surface area contributed by atoms with E-state index in [1.54, 1.807) is 11.3 Å². The van der Waals surface area contributed by atoms with Crippen molar-refractivity contribution in [3.05, 3.63) is 51.4 Å². The third kappa shape index (κ3) is 3.62. The highest BCUT2D eigenvalue weighted by atomic mass is 32.1. The first-order valence-electron chi connectivity index (χ1n) is 9.14. The number of thiophene rings is 1. The van der Waals surface area contributed by atoms with E-state index in [2.05, 4.69) is 43.4 Å². The summed E-state index contributed by atoms with van der Waals surface area (Å²) in [6.45, 7) is 7.19. The van der Waals surface area contributed by atoms with Gasteiger partial charge in [0.15, 0.2) is 0 Å². The van der Waals surface area contributed by atoms with Crippen molar-refractivity contribution in [3.8, 4) is 10.4 Å². The van der Waals surface area contributed by atoms with Gasteiger partial charge < -0.3 is 10.4 Å². The lowest BCUT2D eigenvalue weighted by molar-refractivity contribution is 0.0696. The molecule has 1 aromatic carbocycles. The lowest BCUT2D eigenvalue weighted by Crippen LogP contribution is -2.22. The highest BCUT2D eigenvalue weighted by Crippen LogP contribution is 2.45. The summed E-state index contributed by atoms with van der Waals surface area (Å²) in [4.78, 5) is 14.3. The molecular formula is C22H27NO2S. The minimum Gasteiger partial charge on any atom is -0.478 e. The van der Waals surface area contributed by atoms with E-state index in [0.29, 0.717) is 12.1 Å². The molecular weight excluding hydrogens is 342 g/mol. The predicted molar refractivity (Wildman–Crippen MR) is 110 cm³/mol. The highest BCUT2D eigenvalue weighted by molar-refractivity contribution is 7.16. The molecule has 4 heteroatoms. The van der Waals surface area contributed by atoms with Crippen LogP contribution in [0.15, 0.2) is 24.3 Å². The van der Waals surface area contributed by atoms with Gasteiger partial charge in [0.05, 0.1) is 5.56 Å². The number of carbonyl (C=O) groups is 1. The van der Waals surface area contributed by atoms with Crippen molar-refractivity contribution in [3.63, 3.8) is 0 Å². The van der Waals surface area contributed by atoms with Crippen LogP contribution in [0.3, 0.4) is 0 Å². The van der Waals surface area contributed by atoms with E-state index >= 15 is 0 Å². The normalized spacial score (nSPS) is 16.0. The van der Waals surface area contributed by atoms with Crippen molar-refractivity contribution < 1.29 is 9.90 Å². The third-order valence-corrected chi connectivity index (χ3v) is 6.41. The number of carboxylic acid groups (broad SMARTS) is 1. The Morgan fingerprint density at radius 1 is 1.38 bits per heavy atom. The average molecular weight is 370 g/mol. The fraction of sp³-hybridized carbons (Fsp3) is 0.409. The van der Waals surface area contributed by atoms with Crippen molar-refractivity contribution in [1.29, 1.82) is 0 Å². The number of benzene rings is 1. The second-order valence-electron chi connectivity index (χ2n) is 7.80. The summed E-state index contributed by atoms with van der Waals surface area (Å²) in [5.41, 5.74) is 5.07. The molecule has 0 saturated carbocycles. The molecule has 3 rings (SSSR count). The smallest absolute Gasteiger partial charge is 0.337 e. The molecule has 0 aliphatic heterocycles. The maximum atomic E-state index is 12.2. The zero-order valence-electron chi connectivity index (χ0n) is 16.0. The number of fused-ring (bicyclic) bond motifs is 1. The van der Waals surface area contributed by atoms with Crippen LogP contribution in [0.1, 0.15) is 59.1 Å². The lowest BCUT2D eigenvalue weighted by Gasteiger charge is -2.29. The molecule has 2 N–H and O–H groups in total. The molecule has 138 valence electrons. The molecule has 0 atom stereocenters. The molecule has 1 aromatic heterocycles. The fourth-order valence-corrected chi connectivity index (χ4v) is 5.17. The van der Waals surface area contributed by atoms with Gasteiger partial charge in [0, 0.05) is 16.3 Å². The van der Waals surface area contributed by atoms with Gasteiger partial charge in [-0.15, -0.1) is 11.3 Å². The second-order valence-corrected chi connectivity index (χ2v) is 8.91. The summed E-state index contributed by atoms with van der Waals surface area (Å²) in [5.74, 6) is -0.803. The number of aryl methyl sites for hydroxylation is 1. The van der Waals surface area contributed by atoms with Crippen LogP contribution in [0.5, 0.6) is 0 Å². The molecule has 26 heavy (non-hydrogen) atoms. The number of nitrogens with one attached hydrogen (secondary N) is 1. The van der Waals surface area contributed by atoms with Gasteiger partial charge in [0.2, 0.25) is 0 Å². The Labute approximate surface area is 159 Å². The average Bonchev–Trinajstić information content (AvgIpc) is 2.93. The first-order chi connectivity index (χ1) is 12.4. The van der Waals surface area contributed by atoms with E-state index in [1.165, 1.54) is 4.88 Å². The molecule has 1 aliphatic rings. The van der Waals surface area contributed by atoms with E-state index < -0.39 is 5.97 Å². The Morgan fingerprint density at radius 2 is 2.15 bits per heavy atom. The molecule has 0 amide bonds. The van der Waals surface area contributed by atoms with Gasteiger partial charge >= 0.3 is 5.97 Å². The summed E-state index contributed by atoms with van der Waals surface area (Å²) in [6.07, 6.45) is 7.03. The van der Waals surface area contributed by atoms with Crippen LogP contribution in [-0.2, 0) is 19.4 Å². The van der Waals surface area contributed by atoms with E-state index in [1.807, 2.05) is 20.0 Å². The first kappa shape index (κ1) is 18.9. The van der Waals surface area contributed by atoms with Gasteiger partial charge in [-0.1, -0.05) is 38.1 Å². The quantitative estimate of drug-likeness (QED) is 0.744. The molecule has 0 radical (unpaired) electrons. The molecule has 1 aliphatic carbocycles. The topological polar surface area (TPSA) is 49.3 Å². The molecule has 0 unspecified atom stereocenters. The minimum absolute atomic E-state index is 0.166. The van der Waals surface area contributed by atoms with E-state index in [-0.39, 0.29) is 5.41 Å². The van der Waals surface area contributed by atoms with Gasteiger partial charge in [-0.25, -0.2) is 4.79 Å². The Kier molecular flexibility index (Phi) is 5.35. The SMILES string of the molecule is C/C=C/c1ccc(-c2sc3c(c2C(=O)O)CC(C)(C)CC3)c(CNC)c1. The van der Waals surface area contributed by atoms with Crippen molar-refractivity contribution in [1.82, 2.24) is 5.32 Å². The summed E-state index contributed by atoms with van der Waals surface area (Å²) in [7, 11) is 1.92. The Balaban J connectivity index is 2.18. The zero-order valence-corrected chi connectivity index (χ0v) is 16.8. The molecule has 1 heterocycles. The monoisotopic (exact) mass is 369 g/mol. The predicted octanol–water partition coefficient (Wildman–Crippen LogP) is 5.38.